The third kappa shape index (κ3) is 1.97. The summed E-state index contributed by atoms with van der Waals surface area (Å²) in [6.45, 7) is 2.22. The molecule has 1 aromatic rings. The molecule has 0 aliphatic heterocycles. The van der Waals surface area contributed by atoms with E-state index in [4.69, 9.17) is 11.6 Å². The summed E-state index contributed by atoms with van der Waals surface area (Å²) in [5.41, 5.74) is 3.89. The summed E-state index contributed by atoms with van der Waals surface area (Å²) in [5.74, 6) is 0.779. The Morgan fingerprint density at radius 3 is 2.72 bits per heavy atom. The smallest absolute Gasteiger partial charge is 0.0447 e. The summed E-state index contributed by atoms with van der Waals surface area (Å²) in [5, 5.41) is 0.842. The minimum Gasteiger partial charge on any atom is -0.0840 e. The summed E-state index contributed by atoms with van der Waals surface area (Å²) < 4.78 is 0. The van der Waals surface area contributed by atoms with Gasteiger partial charge in [-0.15, -0.1) is 0 Å². The van der Waals surface area contributed by atoms with Gasteiger partial charge in [0.05, 0.1) is 0 Å². The van der Waals surface area contributed by atoms with Gasteiger partial charge in [0.15, 0.2) is 0 Å². The van der Waals surface area contributed by atoms with E-state index in [9.17, 15) is 0 Å². The van der Waals surface area contributed by atoms with Crippen LogP contribution in [0.25, 0.3) is 0 Å². The lowest BCUT2D eigenvalue weighted by Crippen LogP contribution is -2.00. The van der Waals surface area contributed by atoms with Gasteiger partial charge in [-0.1, -0.05) is 73.2 Å². The fraction of sp³-hybridized carbons (Fsp3) is 0.176. The lowest BCUT2D eigenvalue weighted by atomic mass is 9.88. The topological polar surface area (TPSA) is 0 Å². The summed E-state index contributed by atoms with van der Waals surface area (Å²) in [6.07, 6.45) is 13.3. The normalized spacial score (nSPS) is 25.4. The van der Waals surface area contributed by atoms with Gasteiger partial charge < -0.3 is 0 Å². The minimum absolute atomic E-state index is 0.268. The van der Waals surface area contributed by atoms with E-state index in [1.807, 2.05) is 12.1 Å². The number of benzene rings is 1. The molecule has 2 aliphatic rings. The van der Waals surface area contributed by atoms with Gasteiger partial charge >= 0.3 is 0 Å². The van der Waals surface area contributed by atoms with Crippen LogP contribution in [0.4, 0.5) is 0 Å². The Kier molecular flexibility index (Phi) is 2.97. The molecule has 18 heavy (non-hydrogen) atoms. The van der Waals surface area contributed by atoms with Crippen molar-refractivity contribution in [1.29, 1.82) is 0 Å². The summed E-state index contributed by atoms with van der Waals surface area (Å²) >= 11 is 6.34. The van der Waals surface area contributed by atoms with Gasteiger partial charge in [0.2, 0.25) is 0 Å². The Labute approximate surface area is 113 Å². The molecule has 1 aromatic carbocycles. The molecule has 0 saturated carbocycles. The highest BCUT2D eigenvalue weighted by molar-refractivity contribution is 6.31. The van der Waals surface area contributed by atoms with E-state index in [-0.39, 0.29) is 5.92 Å². The van der Waals surface area contributed by atoms with Crippen molar-refractivity contribution in [2.24, 2.45) is 5.92 Å². The average Bonchev–Trinajstić information content (AvgIpc) is 2.62. The number of hydrogen-bond acceptors (Lipinski definition) is 0. The summed E-state index contributed by atoms with van der Waals surface area (Å²) in [7, 11) is 0. The van der Waals surface area contributed by atoms with Crippen LogP contribution < -0.4 is 0 Å². The molecule has 0 nitrogen and oxygen atoms in total. The number of rotatable bonds is 1. The van der Waals surface area contributed by atoms with Gasteiger partial charge in [0.25, 0.3) is 0 Å². The molecule has 1 heteroatoms. The van der Waals surface area contributed by atoms with E-state index in [2.05, 4.69) is 55.5 Å². The van der Waals surface area contributed by atoms with Gasteiger partial charge in [-0.05, 0) is 28.7 Å². The molecule has 0 heterocycles. The Balaban J connectivity index is 2.10. The number of fused-ring (bicyclic) bond motifs is 1. The van der Waals surface area contributed by atoms with Crippen molar-refractivity contribution in [1.82, 2.24) is 0 Å². The quantitative estimate of drug-likeness (QED) is 0.658. The second kappa shape index (κ2) is 4.62. The van der Waals surface area contributed by atoms with E-state index in [0.29, 0.717) is 5.92 Å². The monoisotopic (exact) mass is 254 g/mol. The van der Waals surface area contributed by atoms with E-state index in [1.54, 1.807) is 0 Å². The van der Waals surface area contributed by atoms with Crippen molar-refractivity contribution in [2.75, 3.05) is 0 Å². The fourth-order valence-corrected chi connectivity index (χ4v) is 2.93. The standard InChI is InChI=1S/C17H15Cl/c1-12-10-13-6-2-3-7-14(16(13)11-12)15-8-4-5-9-17(15)18/h2-12,14H,1H3. The van der Waals surface area contributed by atoms with E-state index >= 15 is 0 Å². The highest BCUT2D eigenvalue weighted by Crippen LogP contribution is 2.40. The van der Waals surface area contributed by atoms with Crippen LogP contribution in [-0.4, -0.2) is 0 Å². The van der Waals surface area contributed by atoms with E-state index in [0.717, 1.165) is 5.02 Å². The van der Waals surface area contributed by atoms with Crippen molar-refractivity contribution in [3.05, 3.63) is 82.5 Å². The van der Waals surface area contributed by atoms with Crippen molar-refractivity contribution in [3.63, 3.8) is 0 Å². The third-order valence-corrected chi connectivity index (χ3v) is 3.83. The minimum atomic E-state index is 0.268. The SMILES string of the molecule is CC1C=C2C=CC=CC(c3ccccc3Cl)C2=C1. The Morgan fingerprint density at radius 1 is 1.06 bits per heavy atom. The summed E-state index contributed by atoms with van der Waals surface area (Å²) in [4.78, 5) is 0. The molecular formula is C17H15Cl. The average molecular weight is 255 g/mol. The van der Waals surface area contributed by atoms with Crippen LogP contribution in [-0.2, 0) is 0 Å². The molecular weight excluding hydrogens is 240 g/mol. The van der Waals surface area contributed by atoms with Crippen molar-refractivity contribution in [3.8, 4) is 0 Å². The molecule has 2 aliphatic carbocycles. The number of hydrogen-bond donors (Lipinski definition) is 0. The van der Waals surface area contributed by atoms with E-state index < -0.39 is 0 Å². The van der Waals surface area contributed by atoms with Gasteiger partial charge in [0, 0.05) is 10.9 Å². The number of allylic oxidation sites excluding steroid dienone is 8. The first-order valence-corrected chi connectivity index (χ1v) is 6.67. The molecule has 0 spiro atoms. The Hall–Kier alpha value is -1.53. The number of halogens is 1. The first kappa shape index (κ1) is 11.6. The molecule has 2 unspecified atom stereocenters. The van der Waals surface area contributed by atoms with Crippen molar-refractivity contribution >= 4 is 11.6 Å². The highest BCUT2D eigenvalue weighted by Gasteiger charge is 2.23. The van der Waals surface area contributed by atoms with E-state index in [1.165, 1.54) is 16.7 Å². The van der Waals surface area contributed by atoms with Gasteiger partial charge in [0.1, 0.15) is 0 Å². The Bertz CT molecular complexity index is 587. The van der Waals surface area contributed by atoms with Crippen molar-refractivity contribution in [2.45, 2.75) is 12.8 Å². The van der Waals surface area contributed by atoms with Gasteiger partial charge in [-0.25, -0.2) is 0 Å². The van der Waals surface area contributed by atoms with Gasteiger partial charge in [-0.2, -0.15) is 0 Å². The molecule has 0 bridgehead atoms. The van der Waals surface area contributed by atoms with Crippen molar-refractivity contribution < 1.29 is 0 Å². The first-order valence-electron chi connectivity index (χ1n) is 6.29. The highest BCUT2D eigenvalue weighted by atomic mass is 35.5. The molecule has 0 N–H and O–H groups in total. The Morgan fingerprint density at radius 2 is 1.89 bits per heavy atom. The molecule has 0 fully saturated rings. The fourth-order valence-electron chi connectivity index (χ4n) is 2.68. The maximum atomic E-state index is 6.34. The van der Waals surface area contributed by atoms with Crippen LogP contribution in [0.1, 0.15) is 18.4 Å². The third-order valence-electron chi connectivity index (χ3n) is 3.48. The van der Waals surface area contributed by atoms with Crippen LogP contribution in [0.2, 0.25) is 5.02 Å². The first-order chi connectivity index (χ1) is 8.75. The zero-order valence-electron chi connectivity index (χ0n) is 10.3. The maximum Gasteiger partial charge on any atom is 0.0447 e. The van der Waals surface area contributed by atoms with Crippen LogP contribution in [0, 0.1) is 5.92 Å². The zero-order valence-corrected chi connectivity index (χ0v) is 11.1. The molecule has 90 valence electrons. The zero-order chi connectivity index (χ0) is 12.5. The van der Waals surface area contributed by atoms with Gasteiger partial charge in [-0.3, -0.25) is 0 Å². The second-order valence-corrected chi connectivity index (χ2v) is 5.25. The molecule has 0 aromatic heterocycles. The molecule has 0 radical (unpaired) electrons. The maximum absolute atomic E-state index is 6.34. The summed E-state index contributed by atoms with van der Waals surface area (Å²) in [6, 6.07) is 8.11. The molecule has 2 atom stereocenters. The van der Waals surface area contributed by atoms with Crippen LogP contribution in [0.3, 0.4) is 0 Å². The predicted octanol–water partition coefficient (Wildman–Crippen LogP) is 5.05. The van der Waals surface area contributed by atoms with Crippen LogP contribution >= 0.6 is 11.6 Å². The molecule has 0 saturated heterocycles. The lowest BCUT2D eigenvalue weighted by Gasteiger charge is -2.17. The lowest BCUT2D eigenvalue weighted by molar-refractivity contribution is 0.939. The van der Waals surface area contributed by atoms with Crippen LogP contribution in [0.15, 0.2) is 71.9 Å². The second-order valence-electron chi connectivity index (χ2n) is 4.85. The molecule has 3 rings (SSSR count). The molecule has 0 amide bonds. The van der Waals surface area contributed by atoms with Crippen LogP contribution in [0.5, 0.6) is 0 Å². The largest absolute Gasteiger partial charge is 0.0840 e. The predicted molar refractivity (Wildman–Crippen MR) is 77.8 cm³/mol.